The first-order chi connectivity index (χ1) is 8.66. The molecule has 0 aliphatic carbocycles. The number of carboxylic acid groups (broad SMARTS) is 1. The molecule has 2 aromatic rings. The standard InChI is InChI=1S/C14H12O4/c15-11-6-8-12(9-7-11)18-13(14(16)17)10-4-2-1-3-5-10/h1-9,13,15H,(H,16,17)/t13-/m1/s1. The van der Waals surface area contributed by atoms with Gasteiger partial charge in [0.1, 0.15) is 11.5 Å². The lowest BCUT2D eigenvalue weighted by Gasteiger charge is -2.15. The third-order valence-electron chi connectivity index (χ3n) is 2.42. The monoisotopic (exact) mass is 244 g/mol. The van der Waals surface area contributed by atoms with E-state index in [4.69, 9.17) is 14.9 Å². The van der Waals surface area contributed by atoms with Crippen molar-refractivity contribution in [1.29, 1.82) is 0 Å². The van der Waals surface area contributed by atoms with Crippen molar-refractivity contribution < 1.29 is 19.7 Å². The predicted octanol–water partition coefficient (Wildman–Crippen LogP) is 2.60. The molecule has 4 heteroatoms. The van der Waals surface area contributed by atoms with Crippen LogP contribution in [0.2, 0.25) is 0 Å². The van der Waals surface area contributed by atoms with Crippen molar-refractivity contribution in [2.45, 2.75) is 6.10 Å². The Kier molecular flexibility index (Phi) is 3.48. The van der Waals surface area contributed by atoms with Crippen LogP contribution in [0.4, 0.5) is 0 Å². The smallest absolute Gasteiger partial charge is 0.349 e. The molecule has 0 fully saturated rings. The Bertz CT molecular complexity index is 519. The molecule has 0 amide bonds. The molecule has 2 rings (SSSR count). The van der Waals surface area contributed by atoms with Crippen LogP contribution in [0.5, 0.6) is 11.5 Å². The summed E-state index contributed by atoms with van der Waals surface area (Å²) in [5, 5.41) is 18.3. The second-order valence-corrected chi connectivity index (χ2v) is 3.74. The van der Waals surface area contributed by atoms with Crippen LogP contribution in [0.1, 0.15) is 11.7 Å². The maximum Gasteiger partial charge on any atom is 0.349 e. The molecule has 2 N–H and O–H groups in total. The summed E-state index contributed by atoms with van der Waals surface area (Å²) >= 11 is 0. The van der Waals surface area contributed by atoms with Crippen LogP contribution in [0, 0.1) is 0 Å². The molecule has 0 bridgehead atoms. The largest absolute Gasteiger partial charge is 0.508 e. The summed E-state index contributed by atoms with van der Waals surface area (Å²) in [7, 11) is 0. The van der Waals surface area contributed by atoms with E-state index in [1.807, 2.05) is 6.07 Å². The highest BCUT2D eigenvalue weighted by Gasteiger charge is 2.21. The summed E-state index contributed by atoms with van der Waals surface area (Å²) < 4.78 is 5.41. The van der Waals surface area contributed by atoms with E-state index >= 15 is 0 Å². The number of phenols is 1. The van der Waals surface area contributed by atoms with Gasteiger partial charge < -0.3 is 14.9 Å². The van der Waals surface area contributed by atoms with Gasteiger partial charge in [-0.2, -0.15) is 0 Å². The molecule has 0 saturated carbocycles. The van der Waals surface area contributed by atoms with Gasteiger partial charge in [0.2, 0.25) is 6.10 Å². The average molecular weight is 244 g/mol. The number of rotatable bonds is 4. The maximum absolute atomic E-state index is 11.2. The van der Waals surface area contributed by atoms with Gasteiger partial charge in [-0.25, -0.2) is 4.79 Å². The Morgan fingerprint density at radius 1 is 1.00 bits per heavy atom. The van der Waals surface area contributed by atoms with Crippen LogP contribution >= 0.6 is 0 Å². The van der Waals surface area contributed by atoms with E-state index in [1.54, 1.807) is 24.3 Å². The lowest BCUT2D eigenvalue weighted by Crippen LogP contribution is -2.18. The Labute approximate surface area is 104 Å². The molecule has 4 nitrogen and oxygen atoms in total. The summed E-state index contributed by atoms with van der Waals surface area (Å²) in [4.78, 5) is 11.2. The normalized spacial score (nSPS) is 11.8. The summed E-state index contributed by atoms with van der Waals surface area (Å²) in [5.74, 6) is -0.563. The third-order valence-corrected chi connectivity index (χ3v) is 2.42. The van der Waals surface area contributed by atoms with Gasteiger partial charge >= 0.3 is 5.97 Å². The van der Waals surface area contributed by atoms with Crippen molar-refractivity contribution in [3.63, 3.8) is 0 Å². The molecule has 18 heavy (non-hydrogen) atoms. The van der Waals surface area contributed by atoms with Gasteiger partial charge in [-0.15, -0.1) is 0 Å². The topological polar surface area (TPSA) is 66.8 Å². The van der Waals surface area contributed by atoms with E-state index in [0.717, 1.165) is 0 Å². The third kappa shape index (κ3) is 2.79. The molecular formula is C14H12O4. The van der Waals surface area contributed by atoms with Gasteiger partial charge in [0.05, 0.1) is 0 Å². The molecule has 0 radical (unpaired) electrons. The molecular weight excluding hydrogens is 232 g/mol. The lowest BCUT2D eigenvalue weighted by atomic mass is 10.1. The minimum Gasteiger partial charge on any atom is -0.508 e. The number of aliphatic carboxylic acids is 1. The highest BCUT2D eigenvalue weighted by molar-refractivity contribution is 5.74. The van der Waals surface area contributed by atoms with E-state index in [-0.39, 0.29) is 5.75 Å². The highest BCUT2D eigenvalue weighted by atomic mass is 16.5. The van der Waals surface area contributed by atoms with Crippen molar-refractivity contribution in [2.75, 3.05) is 0 Å². The quantitative estimate of drug-likeness (QED) is 0.867. The Morgan fingerprint density at radius 3 is 2.17 bits per heavy atom. The van der Waals surface area contributed by atoms with E-state index < -0.39 is 12.1 Å². The van der Waals surface area contributed by atoms with Gasteiger partial charge in [0, 0.05) is 5.56 Å². The number of ether oxygens (including phenoxy) is 1. The van der Waals surface area contributed by atoms with Crippen molar-refractivity contribution in [1.82, 2.24) is 0 Å². The van der Waals surface area contributed by atoms with E-state index in [0.29, 0.717) is 11.3 Å². The molecule has 0 heterocycles. The zero-order valence-electron chi connectivity index (χ0n) is 9.48. The van der Waals surface area contributed by atoms with Gasteiger partial charge in [0.25, 0.3) is 0 Å². The summed E-state index contributed by atoms with van der Waals surface area (Å²) in [6, 6.07) is 14.6. The number of carboxylic acids is 1. The van der Waals surface area contributed by atoms with Crippen LogP contribution in [0.25, 0.3) is 0 Å². The van der Waals surface area contributed by atoms with Gasteiger partial charge in [-0.05, 0) is 24.3 Å². The second kappa shape index (κ2) is 5.23. The zero-order chi connectivity index (χ0) is 13.0. The van der Waals surface area contributed by atoms with Crippen LogP contribution < -0.4 is 4.74 Å². The molecule has 1 atom stereocenters. The van der Waals surface area contributed by atoms with E-state index in [9.17, 15) is 4.79 Å². The maximum atomic E-state index is 11.2. The summed E-state index contributed by atoms with van der Waals surface area (Å²) in [5.41, 5.74) is 0.568. The van der Waals surface area contributed by atoms with Crippen LogP contribution in [0.3, 0.4) is 0 Å². The number of hydrogen-bond donors (Lipinski definition) is 2. The van der Waals surface area contributed by atoms with Crippen LogP contribution in [-0.2, 0) is 4.79 Å². The van der Waals surface area contributed by atoms with Crippen LogP contribution in [0.15, 0.2) is 54.6 Å². The van der Waals surface area contributed by atoms with Crippen LogP contribution in [-0.4, -0.2) is 16.2 Å². The highest BCUT2D eigenvalue weighted by Crippen LogP contribution is 2.23. The van der Waals surface area contributed by atoms with Crippen molar-refractivity contribution in [2.24, 2.45) is 0 Å². The Balaban J connectivity index is 2.22. The Hall–Kier alpha value is -2.49. The zero-order valence-corrected chi connectivity index (χ0v) is 9.48. The number of benzene rings is 2. The number of aromatic hydroxyl groups is 1. The molecule has 0 spiro atoms. The SMILES string of the molecule is O=C(O)[C@H](Oc1ccc(O)cc1)c1ccccc1. The summed E-state index contributed by atoms with van der Waals surface area (Å²) in [6.45, 7) is 0. The number of hydrogen-bond acceptors (Lipinski definition) is 3. The van der Waals surface area contributed by atoms with Gasteiger partial charge in [0.15, 0.2) is 0 Å². The first kappa shape index (κ1) is 12.0. The summed E-state index contributed by atoms with van der Waals surface area (Å²) in [6.07, 6.45) is -1.06. The fourth-order valence-electron chi connectivity index (χ4n) is 1.55. The second-order valence-electron chi connectivity index (χ2n) is 3.74. The predicted molar refractivity (Wildman–Crippen MR) is 65.6 cm³/mol. The van der Waals surface area contributed by atoms with Gasteiger partial charge in [-0.1, -0.05) is 30.3 Å². The molecule has 0 aromatic heterocycles. The van der Waals surface area contributed by atoms with Crippen molar-refractivity contribution in [3.05, 3.63) is 60.2 Å². The number of phenolic OH excluding ortho intramolecular Hbond substituents is 1. The Morgan fingerprint density at radius 2 is 1.61 bits per heavy atom. The fraction of sp³-hybridized carbons (Fsp3) is 0.0714. The van der Waals surface area contributed by atoms with E-state index in [2.05, 4.69) is 0 Å². The molecule has 92 valence electrons. The molecule has 0 aliphatic heterocycles. The van der Waals surface area contributed by atoms with Crippen molar-refractivity contribution in [3.8, 4) is 11.5 Å². The van der Waals surface area contributed by atoms with Crippen molar-refractivity contribution >= 4 is 5.97 Å². The molecule has 0 saturated heterocycles. The molecule has 2 aromatic carbocycles. The minimum atomic E-state index is -1.06. The average Bonchev–Trinajstić information content (AvgIpc) is 2.38. The first-order valence-electron chi connectivity index (χ1n) is 5.40. The molecule has 0 aliphatic rings. The van der Waals surface area contributed by atoms with E-state index in [1.165, 1.54) is 24.3 Å². The lowest BCUT2D eigenvalue weighted by molar-refractivity contribution is -0.145. The fourth-order valence-corrected chi connectivity index (χ4v) is 1.55. The molecule has 0 unspecified atom stereocenters. The minimum absolute atomic E-state index is 0.105. The number of carbonyl (C=O) groups is 1. The first-order valence-corrected chi connectivity index (χ1v) is 5.40. The van der Waals surface area contributed by atoms with Gasteiger partial charge in [-0.3, -0.25) is 0 Å².